The zero-order valence-electron chi connectivity index (χ0n) is 50.9. The number of carbonyl (C=O) groups is 5. The zero-order valence-corrected chi connectivity index (χ0v) is 50.9. The van der Waals surface area contributed by atoms with Crippen LogP contribution in [0.1, 0.15) is 44.2 Å². The van der Waals surface area contributed by atoms with Gasteiger partial charge in [-0.25, -0.2) is 4.39 Å². The lowest BCUT2D eigenvalue weighted by molar-refractivity contribution is -0.353. The van der Waals surface area contributed by atoms with Crippen molar-refractivity contribution in [3.8, 4) is 5.75 Å². The van der Waals surface area contributed by atoms with Gasteiger partial charge in [-0.15, -0.1) is 0 Å². The Morgan fingerprint density at radius 1 is 0.713 bits per heavy atom. The molecule has 7 rings (SSSR count). The number of rotatable bonds is 29. The van der Waals surface area contributed by atoms with Crippen molar-refractivity contribution in [2.75, 3.05) is 39.5 Å². The molecule has 37 heteroatoms. The maximum absolute atomic E-state index is 16.4. The van der Waals surface area contributed by atoms with E-state index in [1.165, 1.54) is 12.4 Å². The third kappa shape index (κ3) is 17.3. The van der Waals surface area contributed by atoms with E-state index in [1.54, 1.807) is 51.1 Å². The van der Waals surface area contributed by atoms with Gasteiger partial charge in [0.15, 0.2) is 42.1 Å². The molecule has 5 fully saturated rings. The van der Waals surface area contributed by atoms with E-state index in [9.17, 15) is 95.2 Å². The summed E-state index contributed by atoms with van der Waals surface area (Å²) in [6, 6.07) is -1.34. The Labute approximate surface area is 535 Å². The summed E-state index contributed by atoms with van der Waals surface area (Å²) >= 11 is 0. The average Bonchev–Trinajstić information content (AvgIpc) is 1.39. The predicted molar refractivity (Wildman–Crippen MR) is 314 cm³/mol. The molecule has 20 unspecified atom stereocenters. The van der Waals surface area contributed by atoms with Gasteiger partial charge in [0.1, 0.15) is 104 Å². The molecule has 24 N–H and O–H groups in total. The van der Waals surface area contributed by atoms with E-state index in [4.69, 9.17) is 45.0 Å². The smallest absolute Gasteiger partial charge is 0.306 e. The van der Waals surface area contributed by atoms with Gasteiger partial charge in [-0.1, -0.05) is 57.2 Å². The third-order valence-corrected chi connectivity index (χ3v) is 16.6. The highest BCUT2D eigenvalue weighted by Gasteiger charge is 2.55. The second-order valence-electron chi connectivity index (χ2n) is 23.7. The Morgan fingerprint density at radius 2 is 1.32 bits per heavy atom. The number of aliphatic hydroxyl groups excluding tert-OH is 13. The van der Waals surface area contributed by atoms with Crippen LogP contribution < -0.4 is 47.7 Å². The maximum Gasteiger partial charge on any atom is 0.306 e. The lowest BCUT2D eigenvalue weighted by atomic mass is 9.93. The number of carbonyl (C=O) groups excluding carboxylic acids is 6. The zero-order chi connectivity index (χ0) is 69.2. The second-order valence-corrected chi connectivity index (χ2v) is 23.7. The SMILES string of the molecule is CC(C)CC(=O)OC1C(OC2C(CO)OC(Oc3ccc(C[C@H](NC(=O)[C@@H](N)C(C)c4ccccc4)C(=O)N[C@H](C(=O)N[C@H](C(=O)N[C@H]([C]=O)CO)C(O)C4CNC(=N)N4C4OC(CO)C(O)C(O)C4O)C(O)C4CNC(=N)N4)cc3F)C(O)C2O)OC(CO)C(O)C1O. The van der Waals surface area contributed by atoms with Crippen LogP contribution in [0.5, 0.6) is 5.75 Å². The second kappa shape index (κ2) is 33.1. The van der Waals surface area contributed by atoms with E-state index in [0.717, 1.165) is 17.0 Å². The molecule has 0 spiro atoms. The highest BCUT2D eigenvalue weighted by molar-refractivity contribution is 5.96. The molecule has 25 atom stereocenters. The molecule has 36 nitrogen and oxygen atoms in total. The number of nitrogens with zero attached hydrogens (tertiary/aromatic N) is 1. The summed E-state index contributed by atoms with van der Waals surface area (Å²) in [6.07, 6.45) is -31.8. The van der Waals surface area contributed by atoms with Crippen LogP contribution in [0.25, 0.3) is 0 Å². The number of nitrogens with one attached hydrogen (secondary N) is 9. The van der Waals surface area contributed by atoms with E-state index in [0.29, 0.717) is 5.56 Å². The van der Waals surface area contributed by atoms with Gasteiger partial charge in [-0.05, 0) is 29.2 Å². The summed E-state index contributed by atoms with van der Waals surface area (Å²) in [6.45, 7) is 0.372. The molecule has 5 aliphatic rings. The van der Waals surface area contributed by atoms with Crippen LogP contribution in [0.2, 0.25) is 0 Å². The fourth-order valence-electron chi connectivity index (χ4n) is 11.2. The Balaban J connectivity index is 1.16. The molecule has 94 heavy (non-hydrogen) atoms. The summed E-state index contributed by atoms with van der Waals surface area (Å²) in [5.41, 5.74) is 6.94. The van der Waals surface area contributed by atoms with Crippen LogP contribution in [0, 0.1) is 22.6 Å². The van der Waals surface area contributed by atoms with Crippen molar-refractivity contribution in [1.82, 2.24) is 42.1 Å². The number of halogens is 1. The molecule has 5 saturated heterocycles. The molecule has 523 valence electrons. The summed E-state index contributed by atoms with van der Waals surface area (Å²) in [7, 11) is 0. The van der Waals surface area contributed by atoms with Crippen molar-refractivity contribution in [1.29, 1.82) is 10.8 Å². The van der Waals surface area contributed by atoms with Crippen molar-refractivity contribution in [3.63, 3.8) is 0 Å². The number of esters is 1. The first-order valence-corrected chi connectivity index (χ1v) is 30.0. The number of nitrogens with two attached hydrogens (primary N) is 1. The van der Waals surface area contributed by atoms with E-state index in [2.05, 4.69) is 37.2 Å². The Hall–Kier alpha value is -6.99. The standard InChI is InChI=1S/C57H83FN11O25/c1-21(2)11-34(75)93-48-43(81)41(79)32(19-73)91-55(48)94-47-33(20-74)92-54(46(84)44(47)82)90-30-10-9-23(12-26(30)58)13-27(65-50(86)35(59)22(3)24-7-5-4-6-8-24)49(85)67-36(38(76)28-14-62-56(60)66-28)52(88)68-37(51(87)64-25(16-70)17-71)39(77)29-15-63-57(61)69(29)53-45(83)42(80)40(78)31(18-72)89-53/h4-10,12,21-22,25,27-29,31-33,35-48,53-55,70,72-74,76-84H,11,13-16,18-20,59H2,1-3H3,(H2,61,63)(H,64,87)(H,65,86)(H,67,85)(H,68,88)(H3,60,62,66)/t22?,25-,27-,28?,29?,31?,32?,33?,35-,36-,37-,38?,39?,40?,41?,42?,43?,44?,45?,46?,47?,48?,53?,54?,55?/m0/s1. The predicted octanol–water partition coefficient (Wildman–Crippen LogP) is -10.6. The normalized spacial score (nSPS) is 32.0. The van der Waals surface area contributed by atoms with Crippen LogP contribution in [-0.2, 0) is 58.9 Å². The van der Waals surface area contributed by atoms with Gasteiger partial charge < -0.3 is 143 Å². The van der Waals surface area contributed by atoms with Gasteiger partial charge in [0.25, 0.3) is 0 Å². The third-order valence-electron chi connectivity index (χ3n) is 16.6. The van der Waals surface area contributed by atoms with Crippen LogP contribution >= 0.6 is 0 Å². The largest absolute Gasteiger partial charge is 0.459 e. The van der Waals surface area contributed by atoms with Gasteiger partial charge in [-0.2, -0.15) is 0 Å². The Morgan fingerprint density at radius 3 is 1.93 bits per heavy atom. The highest BCUT2D eigenvalue weighted by atomic mass is 19.1. The minimum Gasteiger partial charge on any atom is -0.459 e. The topological polar surface area (TPSA) is 582 Å². The molecule has 5 heterocycles. The van der Waals surface area contributed by atoms with Crippen LogP contribution in [0.4, 0.5) is 4.39 Å². The quantitative estimate of drug-likeness (QED) is 0.0336. The van der Waals surface area contributed by atoms with Gasteiger partial charge >= 0.3 is 5.97 Å². The summed E-state index contributed by atoms with van der Waals surface area (Å²) < 4.78 is 50.3. The number of ether oxygens (including phenoxy) is 6. The number of hydrogen-bond acceptors (Lipinski definition) is 28. The number of aliphatic hydroxyl groups is 13. The highest BCUT2D eigenvalue weighted by Crippen LogP contribution is 2.34. The minimum absolute atomic E-state index is 0.118. The van der Waals surface area contributed by atoms with Crippen molar-refractivity contribution >= 4 is 47.8 Å². The molecule has 1 radical (unpaired) electrons. The summed E-state index contributed by atoms with van der Waals surface area (Å²) in [5.74, 6) is -9.95. The molecule has 2 aromatic rings. The number of hydrogen-bond donors (Lipinski definition) is 23. The Kier molecular flexibility index (Phi) is 26.2. The van der Waals surface area contributed by atoms with Gasteiger partial charge in [0.05, 0.1) is 44.6 Å². The first-order chi connectivity index (χ1) is 44.6. The van der Waals surface area contributed by atoms with E-state index >= 15 is 4.39 Å². The van der Waals surface area contributed by atoms with Gasteiger partial charge in [-0.3, -0.25) is 39.6 Å². The van der Waals surface area contributed by atoms with Gasteiger partial charge in [0.2, 0.25) is 36.2 Å². The van der Waals surface area contributed by atoms with Crippen molar-refractivity contribution in [2.45, 2.75) is 186 Å². The Bertz CT molecular complexity index is 2930. The van der Waals surface area contributed by atoms with E-state index in [-0.39, 0.29) is 30.4 Å². The molecule has 0 aromatic heterocycles. The van der Waals surface area contributed by atoms with E-state index < -0.39 is 239 Å². The average molecular weight is 1340 g/mol. The monoisotopic (exact) mass is 1340 g/mol. The molecule has 0 bridgehead atoms. The molecule has 5 aliphatic heterocycles. The lowest BCUT2D eigenvalue weighted by Crippen LogP contribution is -2.69. The summed E-state index contributed by atoms with van der Waals surface area (Å²) in [4.78, 5) is 83.4. The first kappa shape index (κ1) is 74.4. The molecule has 2 aromatic carbocycles. The molecular formula is C57H83FN11O25. The first-order valence-electron chi connectivity index (χ1n) is 30.0. The van der Waals surface area contributed by atoms with Crippen molar-refractivity contribution in [3.05, 3.63) is 65.5 Å². The van der Waals surface area contributed by atoms with E-state index in [1.807, 2.05) is 0 Å². The molecule has 0 saturated carbocycles. The molecular weight excluding hydrogens is 1260 g/mol. The number of amides is 4. The fraction of sp³-hybridized carbons (Fsp3) is 0.649. The van der Waals surface area contributed by atoms with Crippen molar-refractivity contribution < 1.29 is 128 Å². The van der Waals surface area contributed by atoms with Crippen molar-refractivity contribution in [2.24, 2.45) is 11.7 Å². The van der Waals surface area contributed by atoms with Crippen LogP contribution in [0.15, 0.2) is 48.5 Å². The minimum atomic E-state index is -2.34. The van der Waals surface area contributed by atoms with Crippen LogP contribution in [-0.4, -0.2) is 305 Å². The summed E-state index contributed by atoms with van der Waals surface area (Å²) in [5, 5.41) is 174. The van der Waals surface area contributed by atoms with Crippen LogP contribution in [0.3, 0.4) is 0 Å². The molecule has 0 aliphatic carbocycles. The molecule has 4 amide bonds. The van der Waals surface area contributed by atoms with Gasteiger partial charge in [0, 0.05) is 31.8 Å². The fourth-order valence-corrected chi connectivity index (χ4v) is 11.2. The number of benzene rings is 2. The number of guanidine groups is 2. The lowest BCUT2D eigenvalue weighted by Gasteiger charge is -2.46. The maximum atomic E-state index is 16.4.